The van der Waals surface area contributed by atoms with E-state index >= 15 is 0 Å². The van der Waals surface area contributed by atoms with Gasteiger partial charge in [0.2, 0.25) is 0 Å². The molecule has 0 saturated heterocycles. The maximum atomic E-state index is 2.30. The molecule has 0 heterocycles. The zero-order valence-electron chi connectivity index (χ0n) is 8.44. The normalized spacial score (nSPS) is 10.3. The van der Waals surface area contributed by atoms with Crippen LogP contribution in [0.3, 0.4) is 0 Å². The van der Waals surface area contributed by atoms with Gasteiger partial charge in [-0.05, 0) is 55.9 Å². The van der Waals surface area contributed by atoms with Crippen LogP contribution < -0.4 is 0 Å². The molecular formula is C12H17. The van der Waals surface area contributed by atoms with Gasteiger partial charge in [0.1, 0.15) is 0 Å². The Morgan fingerprint density at radius 1 is 1.00 bits per heavy atom. The van der Waals surface area contributed by atoms with E-state index in [2.05, 4.69) is 46.2 Å². The Labute approximate surface area is 75.6 Å². The highest BCUT2D eigenvalue weighted by molar-refractivity contribution is 5.36. The fraction of sp³-hybridized carbons (Fsp3) is 0.417. The Kier molecular flexibility index (Phi) is 2.91. The number of hydrogen-bond donors (Lipinski definition) is 0. The summed E-state index contributed by atoms with van der Waals surface area (Å²) in [5.74, 6) is 0. The summed E-state index contributed by atoms with van der Waals surface area (Å²) in [5, 5.41) is 0. The Bertz CT molecular complexity index is 272. The average molecular weight is 161 g/mol. The lowest BCUT2D eigenvalue weighted by atomic mass is 9.98. The van der Waals surface area contributed by atoms with Crippen LogP contribution in [0.1, 0.15) is 29.2 Å². The highest BCUT2D eigenvalue weighted by Crippen LogP contribution is 2.16. The van der Waals surface area contributed by atoms with E-state index in [1.165, 1.54) is 22.3 Å². The molecule has 0 aliphatic rings. The molecule has 12 heavy (non-hydrogen) atoms. The molecule has 0 N–H and O–H groups in total. The van der Waals surface area contributed by atoms with Crippen LogP contribution in [0.15, 0.2) is 12.1 Å². The van der Waals surface area contributed by atoms with Crippen LogP contribution in [-0.4, -0.2) is 0 Å². The van der Waals surface area contributed by atoms with Gasteiger partial charge in [0.15, 0.2) is 0 Å². The van der Waals surface area contributed by atoms with Gasteiger partial charge in [-0.2, -0.15) is 0 Å². The van der Waals surface area contributed by atoms with Gasteiger partial charge in [0.05, 0.1) is 0 Å². The predicted molar refractivity (Wildman–Crippen MR) is 54.3 cm³/mol. The predicted octanol–water partition coefficient (Wildman–Crippen LogP) is 3.38. The van der Waals surface area contributed by atoms with Crippen molar-refractivity contribution in [1.29, 1.82) is 0 Å². The molecule has 1 aromatic carbocycles. The van der Waals surface area contributed by atoms with Crippen molar-refractivity contribution >= 4 is 0 Å². The second-order valence-electron chi connectivity index (χ2n) is 3.48. The van der Waals surface area contributed by atoms with E-state index in [0.717, 1.165) is 6.42 Å². The molecule has 0 saturated carbocycles. The molecule has 65 valence electrons. The molecule has 0 bridgehead atoms. The molecule has 0 fully saturated rings. The molecule has 0 atom stereocenters. The quantitative estimate of drug-likeness (QED) is 0.623. The molecule has 0 amide bonds. The van der Waals surface area contributed by atoms with Crippen molar-refractivity contribution in [3.05, 3.63) is 40.8 Å². The smallest absolute Gasteiger partial charge is 0.0248 e. The molecule has 1 rings (SSSR count). The molecule has 0 aliphatic carbocycles. The van der Waals surface area contributed by atoms with Crippen LogP contribution in [0, 0.1) is 27.2 Å². The van der Waals surface area contributed by atoms with Crippen molar-refractivity contribution in [2.75, 3.05) is 0 Å². The molecule has 1 aromatic rings. The zero-order valence-corrected chi connectivity index (χ0v) is 8.44. The third-order valence-corrected chi connectivity index (χ3v) is 2.38. The van der Waals surface area contributed by atoms with Gasteiger partial charge >= 0.3 is 0 Å². The number of aryl methyl sites for hydroxylation is 3. The topological polar surface area (TPSA) is 0 Å². The summed E-state index contributed by atoms with van der Waals surface area (Å²) in [6.45, 7) is 8.63. The zero-order chi connectivity index (χ0) is 9.14. The summed E-state index contributed by atoms with van der Waals surface area (Å²) >= 11 is 0. The second-order valence-corrected chi connectivity index (χ2v) is 3.48. The average Bonchev–Trinajstić information content (AvgIpc) is 2.01. The number of benzene rings is 1. The molecule has 0 spiro atoms. The van der Waals surface area contributed by atoms with Crippen molar-refractivity contribution in [2.45, 2.75) is 34.1 Å². The maximum Gasteiger partial charge on any atom is -0.0248 e. The SMILES string of the molecule is C[CH]Cc1cc(C)c(C)cc1C. The van der Waals surface area contributed by atoms with E-state index in [0.29, 0.717) is 0 Å². The van der Waals surface area contributed by atoms with Gasteiger partial charge in [0.25, 0.3) is 0 Å². The molecule has 0 unspecified atom stereocenters. The lowest BCUT2D eigenvalue weighted by Crippen LogP contribution is -1.92. The lowest BCUT2D eigenvalue weighted by molar-refractivity contribution is 1.10. The minimum atomic E-state index is 1.09. The van der Waals surface area contributed by atoms with Crippen molar-refractivity contribution in [3.63, 3.8) is 0 Å². The van der Waals surface area contributed by atoms with Crippen molar-refractivity contribution in [2.24, 2.45) is 0 Å². The third kappa shape index (κ3) is 1.88. The fourth-order valence-corrected chi connectivity index (χ4v) is 1.46. The fourth-order valence-electron chi connectivity index (χ4n) is 1.46. The first-order valence-corrected chi connectivity index (χ1v) is 4.49. The van der Waals surface area contributed by atoms with Crippen LogP contribution in [0.5, 0.6) is 0 Å². The van der Waals surface area contributed by atoms with E-state index in [-0.39, 0.29) is 0 Å². The first-order chi connectivity index (χ1) is 5.65. The first kappa shape index (κ1) is 9.31. The highest BCUT2D eigenvalue weighted by Gasteiger charge is 1.99. The van der Waals surface area contributed by atoms with Gasteiger partial charge in [-0.1, -0.05) is 19.1 Å². The monoisotopic (exact) mass is 161 g/mol. The van der Waals surface area contributed by atoms with Crippen molar-refractivity contribution < 1.29 is 0 Å². The summed E-state index contributed by atoms with van der Waals surface area (Å²) in [5.41, 5.74) is 5.67. The van der Waals surface area contributed by atoms with Gasteiger partial charge in [-0.25, -0.2) is 0 Å². The van der Waals surface area contributed by atoms with Gasteiger partial charge in [0, 0.05) is 0 Å². The van der Waals surface area contributed by atoms with Gasteiger partial charge < -0.3 is 0 Å². The molecular weight excluding hydrogens is 144 g/mol. The van der Waals surface area contributed by atoms with Crippen LogP contribution in [-0.2, 0) is 6.42 Å². The van der Waals surface area contributed by atoms with E-state index in [1.54, 1.807) is 0 Å². The Morgan fingerprint density at radius 3 is 2.17 bits per heavy atom. The minimum absolute atomic E-state index is 1.09. The maximum absolute atomic E-state index is 2.30. The van der Waals surface area contributed by atoms with Crippen molar-refractivity contribution in [3.8, 4) is 0 Å². The summed E-state index contributed by atoms with van der Waals surface area (Å²) in [7, 11) is 0. The van der Waals surface area contributed by atoms with E-state index in [9.17, 15) is 0 Å². The molecule has 0 aliphatic heterocycles. The number of rotatable bonds is 2. The Hall–Kier alpha value is -0.780. The summed E-state index contributed by atoms with van der Waals surface area (Å²) < 4.78 is 0. The highest BCUT2D eigenvalue weighted by atomic mass is 14.1. The molecule has 1 radical (unpaired) electrons. The van der Waals surface area contributed by atoms with Crippen LogP contribution in [0.25, 0.3) is 0 Å². The number of hydrogen-bond acceptors (Lipinski definition) is 0. The van der Waals surface area contributed by atoms with Crippen LogP contribution in [0.4, 0.5) is 0 Å². The molecule has 0 nitrogen and oxygen atoms in total. The largest absolute Gasteiger partial charge is 0.0619 e. The molecule has 0 heteroatoms. The van der Waals surface area contributed by atoms with Gasteiger partial charge in [-0.15, -0.1) is 0 Å². The minimum Gasteiger partial charge on any atom is -0.0619 e. The summed E-state index contributed by atoms with van der Waals surface area (Å²) in [6, 6.07) is 4.57. The standard InChI is InChI=1S/C12H17/c1-5-6-12-8-10(3)9(2)7-11(12)4/h5,7-8H,6H2,1-4H3. The second kappa shape index (κ2) is 3.75. The van der Waals surface area contributed by atoms with Gasteiger partial charge in [-0.3, -0.25) is 0 Å². The first-order valence-electron chi connectivity index (χ1n) is 4.49. The van der Waals surface area contributed by atoms with E-state index in [4.69, 9.17) is 0 Å². The van der Waals surface area contributed by atoms with Crippen LogP contribution >= 0.6 is 0 Å². The Balaban J connectivity index is 3.05. The summed E-state index contributed by atoms with van der Waals surface area (Å²) in [4.78, 5) is 0. The third-order valence-electron chi connectivity index (χ3n) is 2.38. The van der Waals surface area contributed by atoms with E-state index in [1.807, 2.05) is 0 Å². The van der Waals surface area contributed by atoms with E-state index < -0.39 is 0 Å². The Morgan fingerprint density at radius 2 is 1.58 bits per heavy atom. The van der Waals surface area contributed by atoms with Crippen LogP contribution in [0.2, 0.25) is 0 Å². The van der Waals surface area contributed by atoms with Crippen molar-refractivity contribution in [1.82, 2.24) is 0 Å². The summed E-state index contributed by atoms with van der Waals surface area (Å²) in [6.07, 6.45) is 3.30. The lowest BCUT2D eigenvalue weighted by Gasteiger charge is -2.08. The molecule has 0 aromatic heterocycles.